The van der Waals surface area contributed by atoms with Crippen LogP contribution >= 0.6 is 0 Å². The van der Waals surface area contributed by atoms with Gasteiger partial charge < -0.3 is 15.7 Å². The van der Waals surface area contributed by atoms with Crippen LogP contribution in [0.1, 0.15) is 25.3 Å². The zero-order chi connectivity index (χ0) is 11.3. The SMILES string of the molecule is CC(C)c1cccc(OC/C(N)=N/O)c1. The van der Waals surface area contributed by atoms with Gasteiger partial charge in [0, 0.05) is 0 Å². The van der Waals surface area contributed by atoms with E-state index in [-0.39, 0.29) is 12.4 Å². The average molecular weight is 208 g/mol. The fourth-order valence-corrected chi connectivity index (χ4v) is 1.15. The molecule has 0 aliphatic rings. The Hall–Kier alpha value is -1.71. The highest BCUT2D eigenvalue weighted by Gasteiger charge is 2.01. The average Bonchev–Trinajstić information content (AvgIpc) is 2.26. The third-order valence-corrected chi connectivity index (χ3v) is 2.04. The molecular formula is C11H16N2O2. The molecule has 0 fully saturated rings. The maximum Gasteiger partial charge on any atom is 0.177 e. The van der Waals surface area contributed by atoms with Crippen molar-refractivity contribution < 1.29 is 9.94 Å². The molecule has 0 aliphatic heterocycles. The van der Waals surface area contributed by atoms with E-state index in [4.69, 9.17) is 15.7 Å². The number of rotatable bonds is 4. The van der Waals surface area contributed by atoms with E-state index in [0.29, 0.717) is 5.92 Å². The quantitative estimate of drug-likeness (QED) is 0.344. The Morgan fingerprint density at radius 3 is 2.87 bits per heavy atom. The number of hydrogen-bond acceptors (Lipinski definition) is 3. The number of hydrogen-bond donors (Lipinski definition) is 2. The van der Waals surface area contributed by atoms with Crippen LogP contribution in [0.3, 0.4) is 0 Å². The highest BCUT2D eigenvalue weighted by atomic mass is 16.5. The summed E-state index contributed by atoms with van der Waals surface area (Å²) in [4.78, 5) is 0. The van der Waals surface area contributed by atoms with Crippen LogP contribution in [-0.4, -0.2) is 17.6 Å². The van der Waals surface area contributed by atoms with Gasteiger partial charge >= 0.3 is 0 Å². The lowest BCUT2D eigenvalue weighted by molar-refractivity contribution is 0.306. The van der Waals surface area contributed by atoms with Crippen LogP contribution in [0.25, 0.3) is 0 Å². The number of benzene rings is 1. The van der Waals surface area contributed by atoms with Crippen LogP contribution in [0.2, 0.25) is 0 Å². The van der Waals surface area contributed by atoms with Crippen molar-refractivity contribution in [1.29, 1.82) is 0 Å². The van der Waals surface area contributed by atoms with Crippen LogP contribution in [-0.2, 0) is 0 Å². The molecule has 4 heteroatoms. The van der Waals surface area contributed by atoms with Crippen LogP contribution in [0.4, 0.5) is 0 Å². The minimum atomic E-state index is 0.0601. The minimum Gasteiger partial charge on any atom is -0.486 e. The van der Waals surface area contributed by atoms with Crippen LogP contribution in [0.5, 0.6) is 5.75 Å². The van der Waals surface area contributed by atoms with Crippen molar-refractivity contribution in [2.75, 3.05) is 6.61 Å². The van der Waals surface area contributed by atoms with Gasteiger partial charge in [0.2, 0.25) is 0 Å². The second-order valence-electron chi connectivity index (χ2n) is 3.61. The molecule has 82 valence electrons. The van der Waals surface area contributed by atoms with E-state index in [1.807, 2.05) is 24.3 Å². The normalized spacial score (nSPS) is 11.8. The van der Waals surface area contributed by atoms with Crippen molar-refractivity contribution in [2.45, 2.75) is 19.8 Å². The molecule has 4 nitrogen and oxygen atoms in total. The maximum atomic E-state index is 8.34. The molecule has 0 heterocycles. The summed E-state index contributed by atoms with van der Waals surface area (Å²) in [5.41, 5.74) is 6.49. The fourth-order valence-electron chi connectivity index (χ4n) is 1.15. The number of nitrogens with zero attached hydrogens (tertiary/aromatic N) is 1. The molecule has 0 saturated heterocycles. The predicted molar refractivity (Wildman–Crippen MR) is 59.4 cm³/mol. The summed E-state index contributed by atoms with van der Waals surface area (Å²) < 4.78 is 5.33. The lowest BCUT2D eigenvalue weighted by atomic mass is 10.0. The van der Waals surface area contributed by atoms with E-state index in [1.54, 1.807) is 0 Å². The Labute approximate surface area is 89.4 Å². The summed E-state index contributed by atoms with van der Waals surface area (Å²) >= 11 is 0. The molecule has 0 bridgehead atoms. The van der Waals surface area contributed by atoms with Crippen LogP contribution in [0, 0.1) is 0 Å². The van der Waals surface area contributed by atoms with Crippen molar-refractivity contribution >= 4 is 5.84 Å². The molecule has 15 heavy (non-hydrogen) atoms. The van der Waals surface area contributed by atoms with Crippen molar-refractivity contribution in [3.8, 4) is 5.75 Å². The van der Waals surface area contributed by atoms with Gasteiger partial charge in [-0.05, 0) is 23.6 Å². The standard InChI is InChI=1S/C11H16N2O2/c1-8(2)9-4-3-5-10(6-9)15-7-11(12)13-14/h3-6,8,14H,7H2,1-2H3,(H2,12,13). The second kappa shape index (κ2) is 5.24. The molecule has 1 aromatic carbocycles. The Balaban J connectivity index is 2.66. The van der Waals surface area contributed by atoms with Gasteiger partial charge in [0.25, 0.3) is 0 Å². The number of amidine groups is 1. The molecule has 1 rings (SSSR count). The van der Waals surface area contributed by atoms with Crippen LogP contribution in [0.15, 0.2) is 29.4 Å². The Morgan fingerprint density at radius 1 is 1.53 bits per heavy atom. The van der Waals surface area contributed by atoms with Gasteiger partial charge in [-0.3, -0.25) is 0 Å². The van der Waals surface area contributed by atoms with Gasteiger partial charge in [-0.25, -0.2) is 0 Å². The third-order valence-electron chi connectivity index (χ3n) is 2.04. The minimum absolute atomic E-state index is 0.0601. The van der Waals surface area contributed by atoms with Gasteiger partial charge in [-0.2, -0.15) is 0 Å². The zero-order valence-corrected chi connectivity index (χ0v) is 8.97. The molecule has 0 unspecified atom stereocenters. The van der Waals surface area contributed by atoms with Gasteiger partial charge in [0.15, 0.2) is 5.84 Å². The van der Waals surface area contributed by atoms with Gasteiger partial charge in [0.05, 0.1) is 0 Å². The molecule has 0 atom stereocenters. The first-order chi connectivity index (χ1) is 7.13. The third kappa shape index (κ3) is 3.50. The lowest BCUT2D eigenvalue weighted by Gasteiger charge is -2.09. The van der Waals surface area contributed by atoms with Gasteiger partial charge in [-0.15, -0.1) is 0 Å². The Morgan fingerprint density at radius 2 is 2.27 bits per heavy atom. The summed E-state index contributed by atoms with van der Waals surface area (Å²) in [6.45, 7) is 4.32. The smallest absolute Gasteiger partial charge is 0.177 e. The first-order valence-electron chi connectivity index (χ1n) is 4.82. The van der Waals surface area contributed by atoms with E-state index in [0.717, 1.165) is 5.75 Å². The summed E-state index contributed by atoms with van der Waals surface area (Å²) in [6.07, 6.45) is 0. The van der Waals surface area contributed by atoms with E-state index < -0.39 is 0 Å². The number of oxime groups is 1. The largest absolute Gasteiger partial charge is 0.486 e. The zero-order valence-electron chi connectivity index (χ0n) is 8.97. The highest BCUT2D eigenvalue weighted by Crippen LogP contribution is 2.19. The molecule has 0 radical (unpaired) electrons. The molecular weight excluding hydrogens is 192 g/mol. The molecule has 0 amide bonds. The molecule has 3 N–H and O–H groups in total. The van der Waals surface area contributed by atoms with E-state index in [1.165, 1.54) is 5.56 Å². The monoisotopic (exact) mass is 208 g/mol. The molecule has 0 saturated carbocycles. The summed E-state index contributed by atoms with van der Waals surface area (Å²) in [5, 5.41) is 11.2. The van der Waals surface area contributed by atoms with E-state index >= 15 is 0 Å². The molecule has 0 spiro atoms. The topological polar surface area (TPSA) is 67.8 Å². The Kier molecular flexibility index (Phi) is 3.97. The molecule has 1 aromatic rings. The van der Waals surface area contributed by atoms with Gasteiger partial charge in [0.1, 0.15) is 12.4 Å². The first kappa shape index (κ1) is 11.4. The van der Waals surface area contributed by atoms with Gasteiger partial charge in [-0.1, -0.05) is 31.1 Å². The van der Waals surface area contributed by atoms with Crippen LogP contribution < -0.4 is 10.5 Å². The molecule has 0 aromatic heterocycles. The van der Waals surface area contributed by atoms with E-state index in [9.17, 15) is 0 Å². The first-order valence-corrected chi connectivity index (χ1v) is 4.82. The van der Waals surface area contributed by atoms with Crippen molar-refractivity contribution in [1.82, 2.24) is 0 Å². The summed E-state index contributed by atoms with van der Waals surface area (Å²) in [5.74, 6) is 1.25. The predicted octanol–water partition coefficient (Wildman–Crippen LogP) is 1.94. The molecule has 0 aliphatic carbocycles. The Bertz CT molecular complexity index is 348. The van der Waals surface area contributed by atoms with E-state index in [2.05, 4.69) is 19.0 Å². The summed E-state index contributed by atoms with van der Waals surface area (Å²) in [7, 11) is 0. The highest BCUT2D eigenvalue weighted by molar-refractivity contribution is 5.81. The number of ether oxygens (including phenoxy) is 1. The lowest BCUT2D eigenvalue weighted by Crippen LogP contribution is -2.20. The van der Waals surface area contributed by atoms with Crippen molar-refractivity contribution in [3.05, 3.63) is 29.8 Å². The fraction of sp³-hybridized carbons (Fsp3) is 0.364. The maximum absolute atomic E-state index is 8.34. The number of nitrogens with two attached hydrogens (primary N) is 1. The van der Waals surface area contributed by atoms with Crippen molar-refractivity contribution in [2.24, 2.45) is 10.9 Å². The summed E-state index contributed by atoms with van der Waals surface area (Å²) in [6, 6.07) is 7.77. The second-order valence-corrected chi connectivity index (χ2v) is 3.61. The van der Waals surface area contributed by atoms with Crippen molar-refractivity contribution in [3.63, 3.8) is 0 Å².